The van der Waals surface area contributed by atoms with E-state index < -0.39 is 0 Å². The van der Waals surface area contributed by atoms with Gasteiger partial charge in [-0.1, -0.05) is 13.8 Å². The Morgan fingerprint density at radius 3 is 2.53 bits per heavy atom. The first-order valence-electron chi connectivity index (χ1n) is 7.53. The van der Waals surface area contributed by atoms with Crippen LogP contribution in [0.3, 0.4) is 0 Å². The molecule has 0 amide bonds. The van der Waals surface area contributed by atoms with E-state index in [4.69, 9.17) is 0 Å². The Hall–Kier alpha value is -0.380. The average molecular weight is 286 g/mol. The van der Waals surface area contributed by atoms with Gasteiger partial charge in [0.25, 0.3) is 0 Å². The first kappa shape index (κ1) is 16.7. The third-order valence-corrected chi connectivity index (χ3v) is 4.67. The molecule has 0 saturated heterocycles. The second-order valence-corrected chi connectivity index (χ2v) is 7.27. The number of hydrogen-bond acceptors (Lipinski definition) is 2. The van der Waals surface area contributed by atoms with Gasteiger partial charge in [0, 0.05) is 19.6 Å². The summed E-state index contributed by atoms with van der Waals surface area (Å²) in [6.07, 6.45) is 9.83. The van der Waals surface area contributed by atoms with Crippen LogP contribution < -0.4 is 10.6 Å². The van der Waals surface area contributed by atoms with Crippen molar-refractivity contribution in [3.05, 3.63) is 0 Å². The number of rotatable bonds is 6. The minimum absolute atomic E-state index is 0.535. The summed E-state index contributed by atoms with van der Waals surface area (Å²) in [5.41, 5.74) is 0.535. The van der Waals surface area contributed by atoms with Crippen LogP contribution in [0.25, 0.3) is 0 Å². The summed E-state index contributed by atoms with van der Waals surface area (Å²) in [5, 5.41) is 6.99. The maximum absolute atomic E-state index is 4.33. The Labute approximate surface area is 123 Å². The van der Waals surface area contributed by atoms with Gasteiger partial charge in [-0.2, -0.15) is 11.8 Å². The molecule has 0 heterocycles. The van der Waals surface area contributed by atoms with Gasteiger partial charge in [0.05, 0.1) is 0 Å². The quantitative estimate of drug-likeness (QED) is 0.447. The molecular weight excluding hydrogens is 254 g/mol. The first-order chi connectivity index (χ1) is 9.07. The Balaban J connectivity index is 2.18. The fraction of sp³-hybridized carbons (Fsp3) is 0.933. The molecule has 0 aromatic heterocycles. The summed E-state index contributed by atoms with van der Waals surface area (Å²) in [6, 6.07) is 0.602. The van der Waals surface area contributed by atoms with E-state index >= 15 is 0 Å². The topological polar surface area (TPSA) is 36.4 Å². The van der Waals surface area contributed by atoms with Gasteiger partial charge in [-0.3, -0.25) is 4.99 Å². The van der Waals surface area contributed by atoms with Gasteiger partial charge < -0.3 is 10.6 Å². The van der Waals surface area contributed by atoms with E-state index in [-0.39, 0.29) is 0 Å². The lowest BCUT2D eigenvalue weighted by Gasteiger charge is -2.35. The lowest BCUT2D eigenvalue weighted by Crippen LogP contribution is -2.45. The summed E-state index contributed by atoms with van der Waals surface area (Å²) in [5.74, 6) is 2.24. The van der Waals surface area contributed by atoms with Crippen LogP contribution >= 0.6 is 11.8 Å². The SMILES string of the molecule is CN=C(NCCCCSC)NC1CCC(C)(C)CC1. The van der Waals surface area contributed by atoms with Gasteiger partial charge in [-0.15, -0.1) is 0 Å². The molecule has 3 nitrogen and oxygen atoms in total. The molecule has 1 aliphatic rings. The first-order valence-corrected chi connectivity index (χ1v) is 8.93. The Morgan fingerprint density at radius 2 is 1.95 bits per heavy atom. The van der Waals surface area contributed by atoms with Crippen molar-refractivity contribution >= 4 is 17.7 Å². The lowest BCUT2D eigenvalue weighted by molar-refractivity contribution is 0.216. The van der Waals surface area contributed by atoms with Crippen molar-refractivity contribution in [2.24, 2.45) is 10.4 Å². The summed E-state index contributed by atoms with van der Waals surface area (Å²) in [4.78, 5) is 4.33. The predicted octanol–water partition coefficient (Wildman–Crippen LogP) is 3.26. The molecule has 0 spiro atoms. The standard InChI is InChI=1S/C15H31N3S/c1-15(2)9-7-13(8-10-15)18-14(16-3)17-11-5-6-12-19-4/h13H,5-12H2,1-4H3,(H2,16,17,18). The number of guanidine groups is 1. The van der Waals surface area contributed by atoms with Crippen molar-refractivity contribution in [3.63, 3.8) is 0 Å². The highest BCUT2D eigenvalue weighted by molar-refractivity contribution is 7.98. The zero-order valence-corrected chi connectivity index (χ0v) is 13.9. The number of thioether (sulfide) groups is 1. The minimum Gasteiger partial charge on any atom is -0.356 e. The fourth-order valence-corrected chi connectivity index (χ4v) is 3.00. The molecule has 0 unspecified atom stereocenters. The van der Waals surface area contributed by atoms with E-state index in [2.05, 4.69) is 35.7 Å². The second-order valence-electron chi connectivity index (χ2n) is 6.28. The van der Waals surface area contributed by atoms with Crippen molar-refractivity contribution in [1.29, 1.82) is 0 Å². The van der Waals surface area contributed by atoms with Crippen molar-refractivity contribution in [2.45, 2.75) is 58.4 Å². The highest BCUT2D eigenvalue weighted by Crippen LogP contribution is 2.34. The van der Waals surface area contributed by atoms with Crippen molar-refractivity contribution in [3.8, 4) is 0 Å². The normalized spacial score (nSPS) is 20.3. The van der Waals surface area contributed by atoms with Gasteiger partial charge in [-0.25, -0.2) is 0 Å². The van der Waals surface area contributed by atoms with E-state index in [0.717, 1.165) is 12.5 Å². The molecule has 112 valence electrons. The van der Waals surface area contributed by atoms with Crippen LogP contribution in [0.15, 0.2) is 4.99 Å². The monoisotopic (exact) mass is 285 g/mol. The Bertz CT molecular complexity index is 267. The average Bonchev–Trinajstić information content (AvgIpc) is 2.39. The fourth-order valence-electron chi connectivity index (χ4n) is 2.51. The maximum Gasteiger partial charge on any atom is 0.191 e. The van der Waals surface area contributed by atoms with Crippen molar-refractivity contribution in [2.75, 3.05) is 25.6 Å². The minimum atomic E-state index is 0.535. The van der Waals surface area contributed by atoms with Crippen LogP contribution in [-0.4, -0.2) is 37.6 Å². The summed E-state index contributed by atoms with van der Waals surface area (Å²) in [7, 11) is 1.87. The van der Waals surface area contributed by atoms with E-state index in [1.54, 1.807) is 0 Å². The molecule has 0 aromatic carbocycles. The van der Waals surface area contributed by atoms with E-state index in [1.807, 2.05) is 18.8 Å². The molecule has 19 heavy (non-hydrogen) atoms. The molecule has 0 aromatic rings. The van der Waals surface area contributed by atoms with Crippen LogP contribution in [0.2, 0.25) is 0 Å². The molecule has 0 aliphatic heterocycles. The summed E-state index contributed by atoms with van der Waals surface area (Å²) >= 11 is 1.92. The van der Waals surface area contributed by atoms with Crippen LogP contribution in [0.1, 0.15) is 52.4 Å². The van der Waals surface area contributed by atoms with Crippen molar-refractivity contribution in [1.82, 2.24) is 10.6 Å². The third-order valence-electron chi connectivity index (χ3n) is 3.97. The highest BCUT2D eigenvalue weighted by atomic mass is 32.2. The number of nitrogens with zero attached hydrogens (tertiary/aromatic N) is 1. The van der Waals surface area contributed by atoms with Crippen LogP contribution in [0, 0.1) is 5.41 Å². The number of aliphatic imine (C=N–C) groups is 1. The Kier molecular flexibility index (Phi) is 7.66. The molecule has 0 atom stereocenters. The summed E-state index contributed by atoms with van der Waals surface area (Å²) in [6.45, 7) is 5.78. The van der Waals surface area contributed by atoms with Crippen LogP contribution in [-0.2, 0) is 0 Å². The molecule has 1 rings (SSSR count). The van der Waals surface area contributed by atoms with E-state index in [0.29, 0.717) is 11.5 Å². The van der Waals surface area contributed by atoms with E-state index in [9.17, 15) is 0 Å². The van der Waals surface area contributed by atoms with Gasteiger partial charge >= 0.3 is 0 Å². The zero-order chi connectivity index (χ0) is 14.1. The molecule has 1 fully saturated rings. The van der Waals surface area contributed by atoms with Gasteiger partial charge in [-0.05, 0) is 55.9 Å². The molecule has 1 aliphatic carbocycles. The lowest BCUT2D eigenvalue weighted by atomic mass is 9.75. The largest absolute Gasteiger partial charge is 0.356 e. The molecule has 0 radical (unpaired) electrons. The van der Waals surface area contributed by atoms with Crippen LogP contribution in [0.4, 0.5) is 0 Å². The number of hydrogen-bond donors (Lipinski definition) is 2. The molecule has 1 saturated carbocycles. The third kappa shape index (κ3) is 7.09. The number of unbranched alkanes of at least 4 members (excludes halogenated alkanes) is 1. The molecule has 2 N–H and O–H groups in total. The summed E-state index contributed by atoms with van der Waals surface area (Å²) < 4.78 is 0. The number of nitrogens with one attached hydrogen (secondary N) is 2. The second kappa shape index (κ2) is 8.72. The van der Waals surface area contributed by atoms with Crippen molar-refractivity contribution < 1.29 is 0 Å². The molecule has 0 bridgehead atoms. The zero-order valence-electron chi connectivity index (χ0n) is 13.1. The smallest absolute Gasteiger partial charge is 0.191 e. The molecule has 4 heteroatoms. The Morgan fingerprint density at radius 1 is 1.26 bits per heavy atom. The predicted molar refractivity (Wildman–Crippen MR) is 88.2 cm³/mol. The van der Waals surface area contributed by atoms with Gasteiger partial charge in [0.1, 0.15) is 0 Å². The van der Waals surface area contributed by atoms with Gasteiger partial charge in [0.2, 0.25) is 0 Å². The maximum atomic E-state index is 4.33. The highest BCUT2D eigenvalue weighted by Gasteiger charge is 2.26. The van der Waals surface area contributed by atoms with Crippen LogP contribution in [0.5, 0.6) is 0 Å². The van der Waals surface area contributed by atoms with Gasteiger partial charge in [0.15, 0.2) is 5.96 Å². The molecular formula is C15H31N3S. The van der Waals surface area contributed by atoms with E-state index in [1.165, 1.54) is 44.3 Å².